The highest BCUT2D eigenvalue weighted by atomic mass is 19.4. The summed E-state index contributed by atoms with van der Waals surface area (Å²) in [6.45, 7) is 1.69. The van der Waals surface area contributed by atoms with E-state index in [4.69, 9.17) is 20.3 Å². The molecule has 0 saturated carbocycles. The Balaban J connectivity index is 1.16. The van der Waals surface area contributed by atoms with Crippen LogP contribution in [0, 0.1) is 12.3 Å². The van der Waals surface area contributed by atoms with Gasteiger partial charge in [0.15, 0.2) is 5.82 Å². The van der Waals surface area contributed by atoms with Gasteiger partial charge in [0.25, 0.3) is 5.89 Å². The molecular weight excluding hydrogens is 523 g/mol. The van der Waals surface area contributed by atoms with Gasteiger partial charge in [-0.25, -0.2) is 0 Å². The van der Waals surface area contributed by atoms with Crippen molar-refractivity contribution in [3.05, 3.63) is 83.2 Å². The first kappa shape index (κ1) is 27.1. The summed E-state index contributed by atoms with van der Waals surface area (Å²) in [6, 6.07) is 16.2. The van der Waals surface area contributed by atoms with Crippen LogP contribution in [0.25, 0.3) is 11.6 Å². The molecule has 1 fully saturated rings. The summed E-state index contributed by atoms with van der Waals surface area (Å²) in [5, 5.41) is 16.6. The Bertz CT molecular complexity index is 1460. The standard InChI is InChI=1S/C29H26F3N5O3/c1-3-28(21-6-8-22(9-7-21)29(30,31)32)14-16-37(17-15-28)25-13-12-24(33-34-25)27-36-35-26(40-27)19-39-18-20-4-10-23(38-2)11-5-20/h1,4-13H,14-19H2,2H3. The largest absolute Gasteiger partial charge is 0.497 e. The minimum Gasteiger partial charge on any atom is -0.497 e. The van der Waals surface area contributed by atoms with E-state index in [-0.39, 0.29) is 12.5 Å². The van der Waals surface area contributed by atoms with Crippen molar-refractivity contribution in [3.8, 4) is 29.7 Å². The number of piperidine rings is 1. The van der Waals surface area contributed by atoms with Gasteiger partial charge < -0.3 is 18.8 Å². The fraction of sp³-hybridized carbons (Fsp3) is 0.310. The Morgan fingerprint density at radius 1 is 0.925 bits per heavy atom. The van der Waals surface area contributed by atoms with Crippen LogP contribution in [0.2, 0.25) is 0 Å². The number of halogens is 3. The molecule has 5 rings (SSSR count). The molecule has 0 N–H and O–H groups in total. The monoisotopic (exact) mass is 549 g/mol. The maximum atomic E-state index is 13.0. The lowest BCUT2D eigenvalue weighted by Gasteiger charge is -2.39. The molecule has 1 aliphatic heterocycles. The number of nitrogens with zero attached hydrogens (tertiary/aromatic N) is 5. The molecule has 0 bridgehead atoms. The van der Waals surface area contributed by atoms with Crippen LogP contribution in [0.1, 0.15) is 35.4 Å². The second-order valence-electron chi connectivity index (χ2n) is 9.41. The molecule has 11 heteroatoms. The number of hydrogen-bond acceptors (Lipinski definition) is 8. The Labute approximate surface area is 229 Å². The quantitative estimate of drug-likeness (QED) is 0.269. The molecule has 0 amide bonds. The van der Waals surface area contributed by atoms with Gasteiger partial charge in [0, 0.05) is 13.1 Å². The van der Waals surface area contributed by atoms with Crippen LogP contribution in [0.5, 0.6) is 5.75 Å². The molecule has 0 aliphatic carbocycles. The van der Waals surface area contributed by atoms with Crippen molar-refractivity contribution in [3.63, 3.8) is 0 Å². The molecule has 2 aromatic heterocycles. The van der Waals surface area contributed by atoms with E-state index in [1.54, 1.807) is 13.2 Å². The lowest BCUT2D eigenvalue weighted by Crippen LogP contribution is -2.42. The molecule has 3 heterocycles. The van der Waals surface area contributed by atoms with E-state index in [2.05, 4.69) is 26.3 Å². The predicted molar refractivity (Wildman–Crippen MR) is 140 cm³/mol. The number of alkyl halides is 3. The van der Waals surface area contributed by atoms with Gasteiger partial charge in [-0.2, -0.15) is 13.2 Å². The number of aromatic nitrogens is 4. The zero-order valence-corrected chi connectivity index (χ0v) is 21.7. The third kappa shape index (κ3) is 5.92. The van der Waals surface area contributed by atoms with Gasteiger partial charge in [-0.05, 0) is 60.4 Å². The van der Waals surface area contributed by atoms with Crippen LogP contribution in [-0.2, 0) is 29.5 Å². The fourth-order valence-electron chi connectivity index (χ4n) is 4.61. The summed E-state index contributed by atoms with van der Waals surface area (Å²) < 4.78 is 55.4. The number of hydrogen-bond donors (Lipinski definition) is 0. The van der Waals surface area contributed by atoms with Crippen molar-refractivity contribution in [1.29, 1.82) is 0 Å². The summed E-state index contributed by atoms with van der Waals surface area (Å²) >= 11 is 0. The predicted octanol–water partition coefficient (Wildman–Crippen LogP) is 5.44. The molecule has 0 unspecified atom stereocenters. The molecule has 4 aromatic rings. The van der Waals surface area contributed by atoms with Gasteiger partial charge in [0.2, 0.25) is 5.89 Å². The molecule has 1 saturated heterocycles. The molecule has 8 nitrogen and oxygen atoms in total. The smallest absolute Gasteiger partial charge is 0.416 e. The normalized spacial score (nSPS) is 15.0. The summed E-state index contributed by atoms with van der Waals surface area (Å²) in [6.07, 6.45) is 2.64. The van der Waals surface area contributed by atoms with Crippen LogP contribution in [-0.4, -0.2) is 40.6 Å². The maximum Gasteiger partial charge on any atom is 0.416 e. The fourth-order valence-corrected chi connectivity index (χ4v) is 4.61. The van der Waals surface area contributed by atoms with Crippen molar-refractivity contribution in [2.24, 2.45) is 0 Å². The summed E-state index contributed by atoms with van der Waals surface area (Å²) in [5.41, 5.74) is 0.801. The lowest BCUT2D eigenvalue weighted by atomic mass is 9.73. The number of terminal acetylenes is 1. The Morgan fingerprint density at radius 2 is 1.65 bits per heavy atom. The number of benzene rings is 2. The van der Waals surface area contributed by atoms with Crippen LogP contribution < -0.4 is 9.64 Å². The Hall–Kier alpha value is -4.43. The first-order valence-corrected chi connectivity index (χ1v) is 12.6. The van der Waals surface area contributed by atoms with Gasteiger partial charge in [0.05, 0.1) is 24.7 Å². The third-order valence-electron chi connectivity index (χ3n) is 6.97. The number of rotatable bonds is 8. The molecule has 0 atom stereocenters. The van der Waals surface area contributed by atoms with Gasteiger partial charge in [-0.1, -0.05) is 30.2 Å². The minimum absolute atomic E-state index is 0.147. The van der Waals surface area contributed by atoms with E-state index in [1.165, 1.54) is 12.1 Å². The van der Waals surface area contributed by atoms with E-state index < -0.39 is 17.2 Å². The highest BCUT2D eigenvalue weighted by Gasteiger charge is 2.36. The summed E-state index contributed by atoms with van der Waals surface area (Å²) in [7, 11) is 1.61. The Morgan fingerprint density at radius 3 is 2.25 bits per heavy atom. The number of methoxy groups -OCH3 is 1. The van der Waals surface area contributed by atoms with E-state index >= 15 is 0 Å². The zero-order valence-electron chi connectivity index (χ0n) is 21.7. The second-order valence-corrected chi connectivity index (χ2v) is 9.41. The maximum absolute atomic E-state index is 13.0. The number of ether oxygens (including phenoxy) is 2. The van der Waals surface area contributed by atoms with Crippen LogP contribution >= 0.6 is 0 Å². The van der Waals surface area contributed by atoms with Crippen LogP contribution in [0.15, 0.2) is 65.1 Å². The van der Waals surface area contributed by atoms with Gasteiger partial charge >= 0.3 is 6.18 Å². The zero-order chi connectivity index (χ0) is 28.2. The average molecular weight is 550 g/mol. The molecule has 2 aromatic carbocycles. The summed E-state index contributed by atoms with van der Waals surface area (Å²) in [5.74, 6) is 4.82. The van der Waals surface area contributed by atoms with Gasteiger partial charge in [-0.15, -0.1) is 26.8 Å². The van der Waals surface area contributed by atoms with Crippen molar-refractivity contribution < 1.29 is 27.1 Å². The third-order valence-corrected chi connectivity index (χ3v) is 6.97. The summed E-state index contributed by atoms with van der Waals surface area (Å²) in [4.78, 5) is 2.04. The van der Waals surface area contributed by atoms with Crippen LogP contribution in [0.4, 0.5) is 19.0 Å². The molecule has 0 radical (unpaired) electrons. The number of anilines is 1. The second kappa shape index (κ2) is 11.4. The van der Waals surface area contributed by atoms with E-state index in [0.717, 1.165) is 23.4 Å². The van der Waals surface area contributed by atoms with Crippen LogP contribution in [0.3, 0.4) is 0 Å². The molecular formula is C29H26F3N5O3. The molecule has 0 spiro atoms. The highest BCUT2D eigenvalue weighted by molar-refractivity contribution is 5.50. The molecule has 206 valence electrons. The van der Waals surface area contributed by atoms with Gasteiger partial charge in [0.1, 0.15) is 18.1 Å². The Kier molecular flexibility index (Phi) is 7.71. The van der Waals surface area contributed by atoms with Gasteiger partial charge in [-0.3, -0.25) is 0 Å². The highest BCUT2D eigenvalue weighted by Crippen LogP contribution is 2.38. The minimum atomic E-state index is -4.38. The first-order valence-electron chi connectivity index (χ1n) is 12.6. The molecule has 1 aliphatic rings. The van der Waals surface area contributed by atoms with Crippen molar-refractivity contribution in [2.45, 2.75) is 37.6 Å². The van der Waals surface area contributed by atoms with E-state index in [9.17, 15) is 13.2 Å². The SMILES string of the molecule is C#CC1(c2ccc(C(F)(F)F)cc2)CCN(c2ccc(-c3nnc(COCc4ccc(OC)cc4)o3)nn2)CC1. The lowest BCUT2D eigenvalue weighted by molar-refractivity contribution is -0.137. The van der Waals surface area contributed by atoms with E-state index in [1.807, 2.05) is 35.2 Å². The molecule has 40 heavy (non-hydrogen) atoms. The van der Waals surface area contributed by atoms with Crippen molar-refractivity contribution >= 4 is 5.82 Å². The first-order chi connectivity index (χ1) is 19.3. The topological polar surface area (TPSA) is 86.4 Å². The average Bonchev–Trinajstić information content (AvgIpc) is 3.46. The van der Waals surface area contributed by atoms with Crippen molar-refractivity contribution in [1.82, 2.24) is 20.4 Å². The van der Waals surface area contributed by atoms with E-state index in [0.29, 0.717) is 55.5 Å². The van der Waals surface area contributed by atoms with Crippen molar-refractivity contribution in [2.75, 3.05) is 25.1 Å².